The zero-order chi connectivity index (χ0) is 16.5. The van der Waals surface area contributed by atoms with Crippen molar-refractivity contribution in [1.29, 1.82) is 0 Å². The van der Waals surface area contributed by atoms with Crippen LogP contribution in [0.2, 0.25) is 0 Å². The number of nitrogens with zero attached hydrogens (tertiary/aromatic N) is 2. The Balaban J connectivity index is 1.64. The lowest BCUT2D eigenvalue weighted by Crippen LogP contribution is -2.58. The van der Waals surface area contributed by atoms with Gasteiger partial charge in [0.2, 0.25) is 10.0 Å². The Morgan fingerprint density at radius 3 is 2.30 bits per heavy atom. The molecule has 1 spiro atoms. The highest BCUT2D eigenvalue weighted by Crippen LogP contribution is 2.41. The molecule has 1 N–H and O–H groups in total. The highest BCUT2D eigenvalue weighted by Gasteiger charge is 2.45. The molecule has 0 bridgehead atoms. The molecule has 1 unspecified atom stereocenters. The number of sulfonamides is 1. The van der Waals surface area contributed by atoms with Gasteiger partial charge in [-0.15, -0.1) is 0 Å². The third-order valence-electron chi connectivity index (χ3n) is 5.53. The van der Waals surface area contributed by atoms with E-state index in [1.165, 1.54) is 6.26 Å². The van der Waals surface area contributed by atoms with E-state index < -0.39 is 10.0 Å². The van der Waals surface area contributed by atoms with E-state index in [9.17, 15) is 13.2 Å². The van der Waals surface area contributed by atoms with Crippen LogP contribution in [0, 0.1) is 5.41 Å². The monoisotopic (exact) mass is 345 g/mol. The molecule has 0 aromatic heterocycles. The van der Waals surface area contributed by atoms with E-state index in [0.29, 0.717) is 26.3 Å². The van der Waals surface area contributed by atoms with Crippen molar-refractivity contribution in [3.05, 3.63) is 0 Å². The van der Waals surface area contributed by atoms with E-state index in [-0.39, 0.29) is 17.5 Å². The topological polar surface area (TPSA) is 79.0 Å². The molecule has 3 fully saturated rings. The van der Waals surface area contributed by atoms with Gasteiger partial charge in [-0.05, 0) is 37.5 Å². The molecule has 3 aliphatic rings. The number of hydrogen-bond acceptors (Lipinski definition) is 4. The molecular weight excluding hydrogens is 318 g/mol. The molecule has 0 aromatic rings. The maximum absolute atomic E-state index is 12.5. The average Bonchev–Trinajstić information content (AvgIpc) is 3.03. The van der Waals surface area contributed by atoms with Gasteiger partial charge in [-0.25, -0.2) is 17.9 Å². The Hall–Kier alpha value is -0.860. The third-order valence-corrected chi connectivity index (χ3v) is 6.24. The number of amides is 2. The van der Waals surface area contributed by atoms with E-state index in [4.69, 9.17) is 4.74 Å². The minimum Gasteiger partial charge on any atom is -0.380 e. The van der Waals surface area contributed by atoms with E-state index >= 15 is 0 Å². The Bertz CT molecular complexity index is 537. The van der Waals surface area contributed by atoms with Gasteiger partial charge in [0, 0.05) is 32.8 Å². The number of carbonyl (C=O) groups is 1. The van der Waals surface area contributed by atoms with E-state index in [1.807, 2.05) is 9.80 Å². The lowest BCUT2D eigenvalue weighted by Gasteiger charge is -2.49. The van der Waals surface area contributed by atoms with Gasteiger partial charge >= 0.3 is 6.03 Å². The number of likely N-dealkylation sites (tertiary alicyclic amines) is 2. The molecule has 0 aliphatic carbocycles. The van der Waals surface area contributed by atoms with Crippen LogP contribution >= 0.6 is 0 Å². The van der Waals surface area contributed by atoms with Crippen LogP contribution in [0.4, 0.5) is 4.79 Å². The predicted molar refractivity (Wildman–Crippen MR) is 86.6 cm³/mol. The number of piperidine rings is 1. The lowest BCUT2D eigenvalue weighted by atomic mass is 9.69. The molecule has 132 valence electrons. The van der Waals surface area contributed by atoms with Crippen molar-refractivity contribution in [2.24, 2.45) is 5.41 Å². The van der Waals surface area contributed by atoms with Crippen molar-refractivity contribution in [2.75, 3.05) is 45.6 Å². The van der Waals surface area contributed by atoms with Crippen LogP contribution in [0.15, 0.2) is 0 Å². The van der Waals surface area contributed by atoms with E-state index in [0.717, 1.165) is 45.2 Å². The zero-order valence-corrected chi connectivity index (χ0v) is 14.6. The van der Waals surface area contributed by atoms with E-state index in [1.54, 1.807) is 0 Å². The summed E-state index contributed by atoms with van der Waals surface area (Å²) in [5, 5.41) is 0. The first kappa shape index (κ1) is 17.0. The predicted octanol–water partition coefficient (Wildman–Crippen LogP) is 0.623. The number of nitrogens with one attached hydrogen (secondary N) is 1. The second-order valence-corrected chi connectivity index (χ2v) is 8.87. The Kier molecular flexibility index (Phi) is 4.85. The third kappa shape index (κ3) is 3.80. The molecule has 1 atom stereocenters. The van der Waals surface area contributed by atoms with Crippen molar-refractivity contribution in [3.63, 3.8) is 0 Å². The first-order valence-corrected chi connectivity index (χ1v) is 10.4. The highest BCUT2D eigenvalue weighted by molar-refractivity contribution is 7.88. The summed E-state index contributed by atoms with van der Waals surface area (Å²) in [5.74, 6) is 0. The fourth-order valence-electron chi connectivity index (χ4n) is 4.10. The van der Waals surface area contributed by atoms with Crippen LogP contribution in [-0.2, 0) is 14.8 Å². The first-order valence-electron chi connectivity index (χ1n) is 8.49. The Morgan fingerprint density at radius 1 is 1.09 bits per heavy atom. The molecule has 3 rings (SSSR count). The minimum atomic E-state index is -3.26. The summed E-state index contributed by atoms with van der Waals surface area (Å²) in [7, 11) is -3.26. The van der Waals surface area contributed by atoms with E-state index in [2.05, 4.69) is 4.72 Å². The highest BCUT2D eigenvalue weighted by atomic mass is 32.2. The summed E-state index contributed by atoms with van der Waals surface area (Å²) in [6.45, 7) is 4.24. The molecule has 2 amide bonds. The van der Waals surface area contributed by atoms with Gasteiger partial charge in [0.15, 0.2) is 0 Å². The maximum atomic E-state index is 12.5. The molecule has 7 nitrogen and oxygen atoms in total. The molecule has 8 heteroatoms. The van der Waals surface area contributed by atoms with Gasteiger partial charge in [-0.1, -0.05) is 0 Å². The standard InChI is InChI=1S/C15H27N3O4S/c1-23(20,21)16-13-12-22-11-6-15(13)4-9-18(10-5-15)14(19)17-7-2-3-8-17/h13,16H,2-12H2,1H3. The van der Waals surface area contributed by atoms with Crippen molar-refractivity contribution in [1.82, 2.24) is 14.5 Å². The van der Waals surface area contributed by atoms with Crippen molar-refractivity contribution >= 4 is 16.1 Å². The van der Waals surface area contributed by atoms with Crippen LogP contribution in [0.25, 0.3) is 0 Å². The summed E-state index contributed by atoms with van der Waals surface area (Å²) in [6.07, 6.45) is 5.92. The van der Waals surface area contributed by atoms with Gasteiger partial charge in [0.1, 0.15) is 0 Å². The van der Waals surface area contributed by atoms with Crippen LogP contribution < -0.4 is 4.72 Å². The molecule has 0 radical (unpaired) electrons. The normalized spacial score (nSPS) is 28.3. The van der Waals surface area contributed by atoms with Gasteiger partial charge in [-0.3, -0.25) is 0 Å². The second-order valence-electron chi connectivity index (χ2n) is 7.09. The summed E-state index contributed by atoms with van der Waals surface area (Å²) >= 11 is 0. The number of hydrogen-bond donors (Lipinski definition) is 1. The molecule has 23 heavy (non-hydrogen) atoms. The smallest absolute Gasteiger partial charge is 0.319 e. The number of urea groups is 1. The zero-order valence-electron chi connectivity index (χ0n) is 13.8. The van der Waals surface area contributed by atoms with Gasteiger partial charge in [0.25, 0.3) is 0 Å². The van der Waals surface area contributed by atoms with Crippen LogP contribution in [0.1, 0.15) is 32.1 Å². The van der Waals surface area contributed by atoms with Gasteiger partial charge in [-0.2, -0.15) is 0 Å². The summed E-state index contributed by atoms with van der Waals surface area (Å²) < 4.78 is 31.5. The van der Waals surface area contributed by atoms with Crippen molar-refractivity contribution in [3.8, 4) is 0 Å². The van der Waals surface area contributed by atoms with Gasteiger partial charge in [0.05, 0.1) is 18.9 Å². The van der Waals surface area contributed by atoms with Gasteiger partial charge < -0.3 is 14.5 Å². The fraction of sp³-hybridized carbons (Fsp3) is 0.933. The molecular formula is C15H27N3O4S. The first-order chi connectivity index (χ1) is 10.9. The molecule has 3 heterocycles. The second kappa shape index (κ2) is 6.57. The number of ether oxygens (including phenoxy) is 1. The maximum Gasteiger partial charge on any atom is 0.319 e. The molecule has 3 saturated heterocycles. The average molecular weight is 345 g/mol. The quantitative estimate of drug-likeness (QED) is 0.796. The fourth-order valence-corrected chi connectivity index (χ4v) is 4.93. The SMILES string of the molecule is CS(=O)(=O)NC1COCCC12CCN(C(=O)N1CCCC1)CC2. The van der Waals surface area contributed by atoms with Crippen LogP contribution in [0.5, 0.6) is 0 Å². The Morgan fingerprint density at radius 2 is 1.70 bits per heavy atom. The summed E-state index contributed by atoms with van der Waals surface area (Å²) in [5.41, 5.74) is -0.0802. The van der Waals surface area contributed by atoms with Crippen LogP contribution in [-0.4, -0.2) is 75.9 Å². The molecule has 0 saturated carbocycles. The Labute approximate surface area is 138 Å². The molecule has 3 aliphatic heterocycles. The summed E-state index contributed by atoms with van der Waals surface area (Å²) in [6, 6.07) is -0.0349. The lowest BCUT2D eigenvalue weighted by molar-refractivity contribution is -0.0394. The summed E-state index contributed by atoms with van der Waals surface area (Å²) in [4.78, 5) is 16.4. The molecule has 0 aromatic carbocycles. The number of carbonyl (C=O) groups excluding carboxylic acids is 1. The number of rotatable bonds is 2. The van der Waals surface area contributed by atoms with Crippen molar-refractivity contribution in [2.45, 2.75) is 38.1 Å². The minimum absolute atomic E-state index is 0.0802. The van der Waals surface area contributed by atoms with Crippen molar-refractivity contribution < 1.29 is 17.9 Å². The largest absolute Gasteiger partial charge is 0.380 e. The van der Waals surface area contributed by atoms with Crippen LogP contribution in [0.3, 0.4) is 0 Å².